The Morgan fingerprint density at radius 2 is 1.44 bits per heavy atom. The maximum absolute atomic E-state index is 11.1. The lowest BCUT2D eigenvalue weighted by atomic mass is 10.0. The van der Waals surface area contributed by atoms with Crippen LogP contribution in [-0.4, -0.2) is 5.78 Å². The molecular formula is C17H18O. The standard InChI is InChI=1S/C17H18O/c1-14(18)12-17-9-5-8-16(13-17)11-10-15-6-3-2-4-7-15/h2-9,13H,10-12H2,1H3. The van der Waals surface area contributed by atoms with Gasteiger partial charge in [-0.25, -0.2) is 0 Å². The van der Waals surface area contributed by atoms with Gasteiger partial charge in [0.15, 0.2) is 0 Å². The van der Waals surface area contributed by atoms with Gasteiger partial charge in [-0.15, -0.1) is 0 Å². The number of hydrogen-bond acceptors (Lipinski definition) is 1. The van der Waals surface area contributed by atoms with Crippen LogP contribution in [0.2, 0.25) is 0 Å². The summed E-state index contributed by atoms with van der Waals surface area (Å²) in [7, 11) is 0. The molecule has 0 heterocycles. The number of Topliss-reactive ketones (excluding diaryl/α,β-unsaturated/α-hetero) is 1. The molecule has 0 amide bonds. The van der Waals surface area contributed by atoms with Crippen molar-refractivity contribution in [3.05, 3.63) is 71.3 Å². The average Bonchev–Trinajstić information content (AvgIpc) is 2.37. The molecule has 0 aliphatic carbocycles. The molecule has 2 aromatic carbocycles. The summed E-state index contributed by atoms with van der Waals surface area (Å²) < 4.78 is 0. The summed E-state index contributed by atoms with van der Waals surface area (Å²) >= 11 is 0. The van der Waals surface area contributed by atoms with Crippen molar-refractivity contribution in [3.8, 4) is 0 Å². The summed E-state index contributed by atoms with van der Waals surface area (Å²) in [6, 6.07) is 18.8. The molecule has 0 aliphatic heterocycles. The molecule has 0 saturated heterocycles. The zero-order valence-corrected chi connectivity index (χ0v) is 10.7. The van der Waals surface area contributed by atoms with Crippen LogP contribution in [0, 0.1) is 0 Å². The fraction of sp³-hybridized carbons (Fsp3) is 0.235. The molecule has 0 spiro atoms. The van der Waals surface area contributed by atoms with E-state index in [1.807, 2.05) is 18.2 Å². The number of aryl methyl sites for hydroxylation is 2. The second-order valence-corrected chi connectivity index (χ2v) is 4.68. The van der Waals surface area contributed by atoms with E-state index in [4.69, 9.17) is 0 Å². The molecule has 0 fully saturated rings. The Hall–Kier alpha value is -1.89. The predicted octanol–water partition coefficient (Wildman–Crippen LogP) is 3.60. The van der Waals surface area contributed by atoms with E-state index in [0.717, 1.165) is 18.4 Å². The summed E-state index contributed by atoms with van der Waals surface area (Å²) in [5.41, 5.74) is 3.78. The van der Waals surface area contributed by atoms with Gasteiger partial charge in [0.1, 0.15) is 5.78 Å². The lowest BCUT2D eigenvalue weighted by Gasteiger charge is -2.04. The van der Waals surface area contributed by atoms with Crippen molar-refractivity contribution >= 4 is 5.78 Å². The smallest absolute Gasteiger partial charge is 0.134 e. The molecule has 0 bridgehead atoms. The van der Waals surface area contributed by atoms with Crippen LogP contribution < -0.4 is 0 Å². The maximum Gasteiger partial charge on any atom is 0.134 e. The van der Waals surface area contributed by atoms with E-state index in [9.17, 15) is 4.79 Å². The first kappa shape index (κ1) is 12.6. The molecule has 2 aromatic rings. The highest BCUT2D eigenvalue weighted by Gasteiger charge is 2.00. The van der Waals surface area contributed by atoms with Crippen molar-refractivity contribution in [2.45, 2.75) is 26.2 Å². The van der Waals surface area contributed by atoms with Crippen LogP contribution in [0.4, 0.5) is 0 Å². The van der Waals surface area contributed by atoms with Gasteiger partial charge < -0.3 is 0 Å². The third kappa shape index (κ3) is 3.85. The second-order valence-electron chi connectivity index (χ2n) is 4.68. The normalized spacial score (nSPS) is 10.3. The van der Waals surface area contributed by atoms with E-state index in [-0.39, 0.29) is 5.78 Å². The van der Waals surface area contributed by atoms with Crippen LogP contribution in [0.3, 0.4) is 0 Å². The molecule has 1 nitrogen and oxygen atoms in total. The summed E-state index contributed by atoms with van der Waals surface area (Å²) in [6.07, 6.45) is 2.61. The second kappa shape index (κ2) is 6.15. The first-order valence-corrected chi connectivity index (χ1v) is 6.35. The molecular weight excluding hydrogens is 220 g/mol. The quantitative estimate of drug-likeness (QED) is 0.777. The topological polar surface area (TPSA) is 17.1 Å². The molecule has 0 N–H and O–H groups in total. The molecule has 0 aliphatic rings. The lowest BCUT2D eigenvalue weighted by molar-refractivity contribution is -0.116. The molecule has 92 valence electrons. The Balaban J connectivity index is 1.99. The van der Waals surface area contributed by atoms with Gasteiger partial charge in [0, 0.05) is 6.42 Å². The first-order chi connectivity index (χ1) is 8.74. The largest absolute Gasteiger partial charge is 0.300 e. The number of benzene rings is 2. The predicted molar refractivity (Wildman–Crippen MR) is 74.7 cm³/mol. The Morgan fingerprint density at radius 1 is 0.833 bits per heavy atom. The van der Waals surface area contributed by atoms with E-state index < -0.39 is 0 Å². The Morgan fingerprint density at radius 3 is 2.17 bits per heavy atom. The molecule has 0 radical (unpaired) electrons. The average molecular weight is 238 g/mol. The third-order valence-corrected chi connectivity index (χ3v) is 2.99. The SMILES string of the molecule is CC(=O)Cc1cccc(CCc2ccccc2)c1. The highest BCUT2D eigenvalue weighted by molar-refractivity contribution is 5.78. The number of hydrogen-bond donors (Lipinski definition) is 0. The molecule has 2 rings (SSSR count). The number of ketones is 1. The molecule has 0 saturated carbocycles. The monoisotopic (exact) mass is 238 g/mol. The van der Waals surface area contributed by atoms with E-state index >= 15 is 0 Å². The van der Waals surface area contributed by atoms with Crippen molar-refractivity contribution in [1.29, 1.82) is 0 Å². The lowest BCUT2D eigenvalue weighted by Crippen LogP contribution is -1.98. The summed E-state index contributed by atoms with van der Waals surface area (Å²) in [5, 5.41) is 0. The van der Waals surface area contributed by atoms with Gasteiger partial charge in [0.25, 0.3) is 0 Å². The van der Waals surface area contributed by atoms with Crippen LogP contribution in [0.5, 0.6) is 0 Å². The van der Waals surface area contributed by atoms with Crippen molar-refractivity contribution in [1.82, 2.24) is 0 Å². The van der Waals surface area contributed by atoms with Crippen molar-refractivity contribution in [2.75, 3.05) is 0 Å². The van der Waals surface area contributed by atoms with Crippen LogP contribution >= 0.6 is 0 Å². The van der Waals surface area contributed by atoms with Crippen LogP contribution in [0.25, 0.3) is 0 Å². The highest BCUT2D eigenvalue weighted by Crippen LogP contribution is 2.10. The Kier molecular flexibility index (Phi) is 4.30. The van der Waals surface area contributed by atoms with Gasteiger partial charge >= 0.3 is 0 Å². The molecule has 0 aromatic heterocycles. The minimum atomic E-state index is 0.218. The molecule has 18 heavy (non-hydrogen) atoms. The van der Waals surface area contributed by atoms with Gasteiger partial charge in [0.05, 0.1) is 0 Å². The van der Waals surface area contributed by atoms with Gasteiger partial charge in [-0.1, -0.05) is 54.6 Å². The zero-order valence-electron chi connectivity index (χ0n) is 10.7. The van der Waals surface area contributed by atoms with Gasteiger partial charge in [-0.2, -0.15) is 0 Å². The fourth-order valence-electron chi connectivity index (χ4n) is 2.12. The van der Waals surface area contributed by atoms with E-state index in [1.54, 1.807) is 6.92 Å². The van der Waals surface area contributed by atoms with Crippen LogP contribution in [-0.2, 0) is 24.1 Å². The number of carbonyl (C=O) groups is 1. The first-order valence-electron chi connectivity index (χ1n) is 6.35. The minimum absolute atomic E-state index is 0.218. The Labute approximate surface area is 108 Å². The van der Waals surface area contributed by atoms with E-state index in [0.29, 0.717) is 6.42 Å². The van der Waals surface area contributed by atoms with Crippen LogP contribution in [0.1, 0.15) is 23.6 Å². The van der Waals surface area contributed by atoms with Crippen LogP contribution in [0.15, 0.2) is 54.6 Å². The van der Waals surface area contributed by atoms with Crippen molar-refractivity contribution in [2.24, 2.45) is 0 Å². The summed E-state index contributed by atoms with van der Waals surface area (Å²) in [6.45, 7) is 1.64. The van der Waals surface area contributed by atoms with Crippen molar-refractivity contribution in [3.63, 3.8) is 0 Å². The van der Waals surface area contributed by atoms with Crippen molar-refractivity contribution < 1.29 is 4.79 Å². The molecule has 0 atom stereocenters. The number of carbonyl (C=O) groups excluding carboxylic acids is 1. The summed E-state index contributed by atoms with van der Waals surface area (Å²) in [4.78, 5) is 11.1. The highest BCUT2D eigenvalue weighted by atomic mass is 16.1. The minimum Gasteiger partial charge on any atom is -0.300 e. The van der Waals surface area contributed by atoms with E-state index in [1.165, 1.54) is 11.1 Å². The Bertz CT molecular complexity index is 514. The molecule has 0 unspecified atom stereocenters. The third-order valence-electron chi connectivity index (χ3n) is 2.99. The maximum atomic E-state index is 11.1. The van der Waals surface area contributed by atoms with E-state index in [2.05, 4.69) is 36.4 Å². The van der Waals surface area contributed by atoms with Gasteiger partial charge in [-0.05, 0) is 36.5 Å². The van der Waals surface area contributed by atoms with Gasteiger partial charge in [-0.3, -0.25) is 4.79 Å². The fourth-order valence-corrected chi connectivity index (χ4v) is 2.12. The molecule has 1 heteroatoms. The summed E-state index contributed by atoms with van der Waals surface area (Å²) in [5.74, 6) is 0.218. The zero-order chi connectivity index (χ0) is 12.8. The number of rotatable bonds is 5. The van der Waals surface area contributed by atoms with Gasteiger partial charge in [0.2, 0.25) is 0 Å².